The zero-order valence-electron chi connectivity index (χ0n) is 11.6. The van der Waals surface area contributed by atoms with Gasteiger partial charge in [-0.15, -0.1) is 0 Å². The lowest BCUT2D eigenvalue weighted by Crippen LogP contribution is -2.38. The van der Waals surface area contributed by atoms with E-state index in [4.69, 9.17) is 5.73 Å². The van der Waals surface area contributed by atoms with Gasteiger partial charge in [-0.2, -0.15) is 0 Å². The molecule has 0 aliphatic heterocycles. The van der Waals surface area contributed by atoms with Gasteiger partial charge < -0.3 is 10.6 Å². The van der Waals surface area contributed by atoms with Crippen molar-refractivity contribution in [2.24, 2.45) is 5.73 Å². The van der Waals surface area contributed by atoms with Crippen molar-refractivity contribution in [2.45, 2.75) is 58.0 Å². The van der Waals surface area contributed by atoms with E-state index in [1.54, 1.807) is 0 Å². The van der Waals surface area contributed by atoms with E-state index in [1.165, 1.54) is 37.7 Å². The molecule has 1 aliphatic rings. The number of nitrogens with zero attached hydrogens (tertiary/aromatic N) is 2. The maximum absolute atomic E-state index is 6.07. The lowest BCUT2D eigenvalue weighted by atomic mass is 9.93. The number of hydrogen-bond acceptors (Lipinski definition) is 3. The number of pyridine rings is 1. The fourth-order valence-corrected chi connectivity index (χ4v) is 2.98. The van der Waals surface area contributed by atoms with Gasteiger partial charge in [0.2, 0.25) is 0 Å². The third-order valence-corrected chi connectivity index (χ3v) is 3.94. The maximum atomic E-state index is 6.07. The molecule has 1 fully saturated rings. The first kappa shape index (κ1) is 13.3. The first-order chi connectivity index (χ1) is 8.74. The maximum Gasteiger partial charge on any atom is 0.133 e. The average molecular weight is 247 g/mol. The molecule has 1 aromatic rings. The number of rotatable bonds is 4. The van der Waals surface area contributed by atoms with Crippen LogP contribution in [0.3, 0.4) is 0 Å². The summed E-state index contributed by atoms with van der Waals surface area (Å²) in [6, 6.07) is 4.79. The molecule has 1 saturated carbocycles. The molecule has 2 N–H and O–H groups in total. The Balaban J connectivity index is 2.26. The van der Waals surface area contributed by atoms with Crippen LogP contribution in [-0.4, -0.2) is 17.6 Å². The summed E-state index contributed by atoms with van der Waals surface area (Å²) in [7, 11) is 0. The van der Waals surface area contributed by atoms with E-state index in [1.807, 2.05) is 19.2 Å². The molecule has 0 spiro atoms. The molecule has 2 rings (SSSR count). The number of aromatic nitrogens is 1. The monoisotopic (exact) mass is 247 g/mol. The minimum Gasteiger partial charge on any atom is -0.354 e. The standard InChI is InChI=1S/C15H25N3/c1-3-18(13-8-5-4-6-9-13)15-14(12(2)16)10-7-11-17-15/h7,10-13H,3-6,8-9,16H2,1-2H3/t12-/m0/s1. The molecular formula is C15H25N3. The van der Waals surface area contributed by atoms with Crippen LogP contribution in [0.1, 0.15) is 57.6 Å². The Hall–Kier alpha value is -1.09. The van der Waals surface area contributed by atoms with E-state index >= 15 is 0 Å². The largest absolute Gasteiger partial charge is 0.354 e. The highest BCUT2D eigenvalue weighted by atomic mass is 15.2. The van der Waals surface area contributed by atoms with Gasteiger partial charge in [0, 0.05) is 30.4 Å². The molecule has 0 aromatic carbocycles. The third kappa shape index (κ3) is 2.83. The molecule has 1 aliphatic carbocycles. The van der Waals surface area contributed by atoms with E-state index in [2.05, 4.69) is 22.9 Å². The van der Waals surface area contributed by atoms with Crippen LogP contribution >= 0.6 is 0 Å². The minimum atomic E-state index is 0.0475. The number of hydrogen-bond donors (Lipinski definition) is 1. The van der Waals surface area contributed by atoms with Gasteiger partial charge in [0.15, 0.2) is 0 Å². The predicted molar refractivity (Wildman–Crippen MR) is 76.7 cm³/mol. The van der Waals surface area contributed by atoms with Crippen molar-refractivity contribution in [3.63, 3.8) is 0 Å². The van der Waals surface area contributed by atoms with Crippen molar-refractivity contribution in [2.75, 3.05) is 11.4 Å². The van der Waals surface area contributed by atoms with Crippen LogP contribution in [0.25, 0.3) is 0 Å². The summed E-state index contributed by atoms with van der Waals surface area (Å²) in [5.74, 6) is 1.10. The van der Waals surface area contributed by atoms with Gasteiger partial charge in [-0.1, -0.05) is 25.3 Å². The second-order valence-electron chi connectivity index (χ2n) is 5.28. The second kappa shape index (κ2) is 6.19. The molecule has 100 valence electrons. The Morgan fingerprint density at radius 2 is 2.11 bits per heavy atom. The highest BCUT2D eigenvalue weighted by Crippen LogP contribution is 2.29. The van der Waals surface area contributed by atoms with E-state index in [9.17, 15) is 0 Å². The van der Waals surface area contributed by atoms with Crippen LogP contribution in [-0.2, 0) is 0 Å². The average Bonchev–Trinajstić information content (AvgIpc) is 2.41. The summed E-state index contributed by atoms with van der Waals surface area (Å²) in [5, 5.41) is 0. The normalized spacial score (nSPS) is 18.6. The van der Waals surface area contributed by atoms with Crippen LogP contribution in [0.5, 0.6) is 0 Å². The van der Waals surface area contributed by atoms with Gasteiger partial charge in [-0.25, -0.2) is 4.98 Å². The van der Waals surface area contributed by atoms with Crippen molar-refractivity contribution in [3.05, 3.63) is 23.9 Å². The molecule has 0 saturated heterocycles. The second-order valence-corrected chi connectivity index (χ2v) is 5.28. The quantitative estimate of drug-likeness (QED) is 0.888. The Kier molecular flexibility index (Phi) is 4.59. The van der Waals surface area contributed by atoms with Gasteiger partial charge >= 0.3 is 0 Å². The summed E-state index contributed by atoms with van der Waals surface area (Å²) < 4.78 is 0. The number of anilines is 1. The van der Waals surface area contributed by atoms with Crippen LogP contribution in [0.15, 0.2) is 18.3 Å². The lowest BCUT2D eigenvalue weighted by Gasteiger charge is -2.36. The first-order valence-corrected chi connectivity index (χ1v) is 7.21. The molecule has 0 amide bonds. The summed E-state index contributed by atoms with van der Waals surface area (Å²) in [4.78, 5) is 7.05. The van der Waals surface area contributed by atoms with Crippen LogP contribution in [0.4, 0.5) is 5.82 Å². The van der Waals surface area contributed by atoms with Gasteiger partial charge in [-0.3, -0.25) is 0 Å². The Morgan fingerprint density at radius 1 is 1.39 bits per heavy atom. The SMILES string of the molecule is CCN(c1ncccc1[C@H](C)N)C1CCCCC1. The van der Waals surface area contributed by atoms with Crippen LogP contribution in [0, 0.1) is 0 Å². The molecule has 18 heavy (non-hydrogen) atoms. The first-order valence-electron chi connectivity index (χ1n) is 7.21. The molecule has 1 atom stereocenters. The molecule has 0 unspecified atom stereocenters. The van der Waals surface area contributed by atoms with Crippen molar-refractivity contribution in [1.29, 1.82) is 0 Å². The molecule has 1 heterocycles. The Labute approximate surface area is 110 Å². The fraction of sp³-hybridized carbons (Fsp3) is 0.667. The van der Waals surface area contributed by atoms with Crippen LogP contribution in [0.2, 0.25) is 0 Å². The van der Waals surface area contributed by atoms with Gasteiger partial charge in [0.1, 0.15) is 5.82 Å². The summed E-state index contributed by atoms with van der Waals surface area (Å²) >= 11 is 0. The molecular weight excluding hydrogens is 222 g/mol. The topological polar surface area (TPSA) is 42.2 Å². The van der Waals surface area contributed by atoms with Gasteiger partial charge in [0.25, 0.3) is 0 Å². The predicted octanol–water partition coefficient (Wildman–Crippen LogP) is 3.26. The summed E-state index contributed by atoms with van der Waals surface area (Å²) in [5.41, 5.74) is 7.24. The van der Waals surface area contributed by atoms with E-state index < -0.39 is 0 Å². The highest BCUT2D eigenvalue weighted by molar-refractivity contribution is 5.49. The zero-order chi connectivity index (χ0) is 13.0. The number of nitrogens with two attached hydrogens (primary N) is 1. The molecule has 3 heteroatoms. The van der Waals surface area contributed by atoms with Gasteiger partial charge in [0.05, 0.1) is 0 Å². The Morgan fingerprint density at radius 3 is 2.72 bits per heavy atom. The van der Waals surface area contributed by atoms with Crippen molar-refractivity contribution in [1.82, 2.24) is 4.98 Å². The van der Waals surface area contributed by atoms with Crippen molar-refractivity contribution < 1.29 is 0 Å². The fourth-order valence-electron chi connectivity index (χ4n) is 2.98. The van der Waals surface area contributed by atoms with Crippen molar-refractivity contribution in [3.8, 4) is 0 Å². The zero-order valence-corrected chi connectivity index (χ0v) is 11.6. The molecule has 1 aromatic heterocycles. The highest BCUT2D eigenvalue weighted by Gasteiger charge is 2.23. The summed E-state index contributed by atoms with van der Waals surface area (Å²) in [6.45, 7) is 5.27. The molecule has 0 bridgehead atoms. The van der Waals surface area contributed by atoms with E-state index in [0.29, 0.717) is 6.04 Å². The molecule has 0 radical (unpaired) electrons. The minimum absolute atomic E-state index is 0.0475. The van der Waals surface area contributed by atoms with Crippen molar-refractivity contribution >= 4 is 5.82 Å². The Bertz CT molecular complexity index is 370. The van der Waals surface area contributed by atoms with E-state index in [-0.39, 0.29) is 6.04 Å². The third-order valence-electron chi connectivity index (χ3n) is 3.94. The van der Waals surface area contributed by atoms with E-state index in [0.717, 1.165) is 12.4 Å². The van der Waals surface area contributed by atoms with Crippen LogP contribution < -0.4 is 10.6 Å². The molecule has 3 nitrogen and oxygen atoms in total. The van der Waals surface area contributed by atoms with Gasteiger partial charge in [-0.05, 0) is 32.8 Å². The lowest BCUT2D eigenvalue weighted by molar-refractivity contribution is 0.415. The summed E-state index contributed by atoms with van der Waals surface area (Å²) in [6.07, 6.45) is 8.55. The smallest absolute Gasteiger partial charge is 0.133 e.